The number of hydrogen-bond donors (Lipinski definition) is 12. The van der Waals surface area contributed by atoms with Crippen LogP contribution in [0.2, 0.25) is 0 Å². The summed E-state index contributed by atoms with van der Waals surface area (Å²) in [5, 5.41) is 121. The van der Waals surface area contributed by atoms with Crippen molar-refractivity contribution in [3.8, 4) is 0 Å². The van der Waals surface area contributed by atoms with E-state index >= 15 is 0 Å². The number of carbonyl (C=O) groups is 1. The molecule has 17 unspecified atom stereocenters. The van der Waals surface area contributed by atoms with E-state index in [0.29, 0.717) is 12.8 Å². The van der Waals surface area contributed by atoms with E-state index in [1.54, 1.807) is 6.08 Å². The lowest BCUT2D eigenvalue weighted by molar-refractivity contribution is -0.379. The van der Waals surface area contributed by atoms with E-state index in [9.17, 15) is 61.0 Å². The van der Waals surface area contributed by atoms with Gasteiger partial charge in [-0.15, -0.1) is 0 Å². The van der Waals surface area contributed by atoms with Gasteiger partial charge in [-0.3, -0.25) is 4.79 Å². The monoisotopic (exact) mass is 1410 g/mol. The van der Waals surface area contributed by atoms with Crippen LogP contribution < -0.4 is 5.32 Å². The molecule has 12 N–H and O–H groups in total. The van der Waals surface area contributed by atoms with Crippen molar-refractivity contribution in [1.29, 1.82) is 0 Å². The molecule has 0 bridgehead atoms. The molecule has 0 saturated carbocycles. The molecule has 3 rings (SSSR count). The van der Waals surface area contributed by atoms with Crippen LogP contribution in [0.3, 0.4) is 0 Å². The zero-order valence-corrected chi connectivity index (χ0v) is 61.7. The molecule has 0 aromatic rings. The molecule has 3 saturated heterocycles. The van der Waals surface area contributed by atoms with E-state index in [1.807, 2.05) is 6.08 Å². The third kappa shape index (κ3) is 41.1. The number of ether oxygens (including phenoxy) is 6. The molecule has 3 aliphatic heterocycles. The van der Waals surface area contributed by atoms with Crippen LogP contribution in [0.5, 0.6) is 0 Å². The number of aliphatic hydroxyl groups is 11. The summed E-state index contributed by atoms with van der Waals surface area (Å²) in [6.45, 7) is 1.70. The van der Waals surface area contributed by atoms with Gasteiger partial charge in [0.1, 0.15) is 73.2 Å². The van der Waals surface area contributed by atoms with Crippen molar-refractivity contribution in [2.24, 2.45) is 0 Å². The van der Waals surface area contributed by atoms with Crippen LogP contribution in [0.1, 0.15) is 309 Å². The maximum absolute atomic E-state index is 13.4. The average molecular weight is 1410 g/mol. The minimum atomic E-state index is -1.98. The molecule has 3 aliphatic rings. The second kappa shape index (κ2) is 60.7. The molecule has 19 nitrogen and oxygen atoms in total. The summed E-state index contributed by atoms with van der Waals surface area (Å²) < 4.78 is 34.3. The van der Waals surface area contributed by atoms with Crippen molar-refractivity contribution in [2.75, 3.05) is 26.4 Å². The van der Waals surface area contributed by atoms with Gasteiger partial charge < -0.3 is 89.9 Å². The van der Waals surface area contributed by atoms with Gasteiger partial charge in [-0.25, -0.2) is 0 Å². The third-order valence-corrected chi connectivity index (χ3v) is 19.8. The Labute approximate surface area is 598 Å². The highest BCUT2D eigenvalue weighted by Crippen LogP contribution is 2.33. The lowest BCUT2D eigenvalue weighted by atomic mass is 9.96. The smallest absolute Gasteiger partial charge is 0.220 e. The Bertz CT molecular complexity index is 2020. The summed E-state index contributed by atoms with van der Waals surface area (Å²) in [7, 11) is 0. The molecule has 17 atom stereocenters. The molecule has 19 heteroatoms. The number of unbranched alkanes of at least 4 members (excludes halogenated alkanes) is 39. The summed E-state index contributed by atoms with van der Waals surface area (Å²) in [5.74, 6) is -0.282. The van der Waals surface area contributed by atoms with Gasteiger partial charge in [0.15, 0.2) is 18.9 Å². The molecule has 3 heterocycles. The molecule has 0 radical (unpaired) electrons. The topological polar surface area (TPSA) is 307 Å². The largest absolute Gasteiger partial charge is 0.394 e. The average Bonchev–Trinajstić information content (AvgIpc) is 0.785. The minimum Gasteiger partial charge on any atom is -0.394 e. The predicted molar refractivity (Wildman–Crippen MR) is 392 cm³/mol. The summed E-state index contributed by atoms with van der Waals surface area (Å²) in [4.78, 5) is 13.4. The number of carbonyl (C=O) groups excluding carboxylic acids is 1. The first-order chi connectivity index (χ1) is 48.3. The van der Waals surface area contributed by atoms with E-state index in [4.69, 9.17) is 28.4 Å². The fourth-order valence-corrected chi connectivity index (χ4v) is 13.3. The van der Waals surface area contributed by atoms with Gasteiger partial charge >= 0.3 is 0 Å². The predicted octanol–water partition coefficient (Wildman–Crippen LogP) is 13.1. The maximum Gasteiger partial charge on any atom is 0.220 e. The summed E-state index contributed by atoms with van der Waals surface area (Å²) in [5.41, 5.74) is 0. The fourth-order valence-electron chi connectivity index (χ4n) is 13.3. The number of aliphatic hydroxyl groups excluding tert-OH is 11. The third-order valence-electron chi connectivity index (χ3n) is 19.8. The summed E-state index contributed by atoms with van der Waals surface area (Å²) in [6, 6.07) is -0.989. The van der Waals surface area contributed by atoms with Crippen LogP contribution in [0.25, 0.3) is 0 Å². The highest BCUT2D eigenvalue weighted by Gasteiger charge is 2.54. The summed E-state index contributed by atoms with van der Waals surface area (Å²) in [6.07, 6.45) is 51.1. The van der Waals surface area contributed by atoms with Gasteiger partial charge in [0.05, 0.1) is 38.6 Å². The SMILES string of the molecule is CCCCCCC/C=C\C/C=C\C/C=C\CCCCCCCCCCCCCCCCCCCCCCCCCCCCC(=O)NC(COC1OC(CO)C(OC2OC(CO)C(OC3OC(CO)C(O)C(O)C3O)C(O)C2O)C(O)C1O)C(O)/C=C/CC/C=C/CCCCCCCCC. The van der Waals surface area contributed by atoms with Gasteiger partial charge in [-0.05, 0) is 70.6 Å². The van der Waals surface area contributed by atoms with Gasteiger partial charge in [0.2, 0.25) is 5.91 Å². The van der Waals surface area contributed by atoms with Crippen molar-refractivity contribution in [1.82, 2.24) is 5.32 Å². The van der Waals surface area contributed by atoms with E-state index < -0.39 is 124 Å². The lowest BCUT2D eigenvalue weighted by Gasteiger charge is -2.48. The zero-order valence-electron chi connectivity index (χ0n) is 61.7. The van der Waals surface area contributed by atoms with E-state index in [1.165, 1.54) is 225 Å². The Balaban J connectivity index is 1.27. The Morgan fingerprint density at radius 1 is 0.364 bits per heavy atom. The number of allylic oxidation sites excluding steroid dienone is 9. The molecule has 0 aromatic carbocycles. The molecule has 0 aliphatic carbocycles. The van der Waals surface area contributed by atoms with Crippen molar-refractivity contribution in [2.45, 2.75) is 413 Å². The standard InChI is InChI=1S/C80H145NO18/c1-3-5-7-9-11-13-15-17-18-19-20-21-22-23-24-25-26-27-28-29-30-31-32-33-34-35-36-37-38-39-40-41-42-43-44-46-48-50-52-54-56-58-68(86)81-63(64(85)57-55-53-51-49-47-45-16-14-12-10-8-6-4-2)62-94-78-74(92)71(89)76(66(60-83)96-78)99-80-75(93)72(90)77(67(61-84)97-80)98-79-73(91)70(88)69(87)65(59-82)95-79/h15,17,19-20,22-23,47,49,55,57,63-67,69-80,82-85,87-93H,3-14,16,18,21,24-46,48,50-54,56,58-62H2,1-2H3,(H,81,86)/b17-15-,20-19-,23-22-,49-47+,57-55+. The van der Waals surface area contributed by atoms with Gasteiger partial charge in [-0.1, -0.05) is 293 Å². The molecule has 99 heavy (non-hydrogen) atoms. The van der Waals surface area contributed by atoms with Crippen molar-refractivity contribution in [3.05, 3.63) is 60.8 Å². The van der Waals surface area contributed by atoms with E-state index in [0.717, 1.165) is 51.4 Å². The van der Waals surface area contributed by atoms with Gasteiger partial charge in [-0.2, -0.15) is 0 Å². The fraction of sp³-hybridized carbons (Fsp3) is 0.863. The lowest BCUT2D eigenvalue weighted by Crippen LogP contribution is -2.66. The minimum absolute atomic E-state index is 0.238. The number of hydrogen-bond acceptors (Lipinski definition) is 18. The van der Waals surface area contributed by atoms with Crippen molar-refractivity contribution >= 4 is 5.91 Å². The normalized spacial score (nSPS) is 26.9. The molecular weight excluding hydrogens is 1260 g/mol. The molecule has 1 amide bonds. The molecule has 0 spiro atoms. The number of nitrogens with one attached hydrogen (secondary N) is 1. The van der Waals surface area contributed by atoms with Crippen LogP contribution in [-0.4, -0.2) is 193 Å². The quantitative estimate of drug-likeness (QED) is 0.0199. The van der Waals surface area contributed by atoms with Crippen LogP contribution in [0.15, 0.2) is 60.8 Å². The summed E-state index contributed by atoms with van der Waals surface area (Å²) >= 11 is 0. The first-order valence-corrected chi connectivity index (χ1v) is 40.0. The first-order valence-electron chi connectivity index (χ1n) is 40.0. The Hall–Kier alpha value is -2.51. The molecule has 3 fully saturated rings. The molecule has 578 valence electrons. The zero-order chi connectivity index (χ0) is 71.8. The maximum atomic E-state index is 13.4. The van der Waals surface area contributed by atoms with Crippen LogP contribution in [0, 0.1) is 0 Å². The van der Waals surface area contributed by atoms with Crippen LogP contribution >= 0.6 is 0 Å². The second-order valence-electron chi connectivity index (χ2n) is 28.5. The highest BCUT2D eigenvalue weighted by atomic mass is 16.8. The van der Waals surface area contributed by atoms with Crippen molar-refractivity contribution < 1.29 is 89.4 Å². The Morgan fingerprint density at radius 3 is 1.08 bits per heavy atom. The number of amides is 1. The van der Waals surface area contributed by atoms with E-state index in [-0.39, 0.29) is 18.9 Å². The van der Waals surface area contributed by atoms with Crippen molar-refractivity contribution in [3.63, 3.8) is 0 Å². The highest BCUT2D eigenvalue weighted by molar-refractivity contribution is 5.76. The number of rotatable bonds is 63. The Kier molecular flexibility index (Phi) is 55.6. The molecule has 0 aromatic heterocycles. The molecular formula is C80H145NO18. The first kappa shape index (κ1) is 90.7. The second-order valence-corrected chi connectivity index (χ2v) is 28.5. The van der Waals surface area contributed by atoms with Crippen LogP contribution in [-0.2, 0) is 33.2 Å². The Morgan fingerprint density at radius 2 is 0.677 bits per heavy atom. The van der Waals surface area contributed by atoms with E-state index in [2.05, 4.69) is 67.8 Å². The van der Waals surface area contributed by atoms with Gasteiger partial charge in [0.25, 0.3) is 0 Å². The van der Waals surface area contributed by atoms with Crippen LogP contribution in [0.4, 0.5) is 0 Å². The van der Waals surface area contributed by atoms with Gasteiger partial charge in [0, 0.05) is 6.42 Å².